The number of nitrogens with zero attached hydrogens (tertiary/aromatic N) is 2. The molecule has 0 spiro atoms. The molecule has 2 rings (SSSR count). The maximum Gasteiger partial charge on any atom is 0.169 e. The summed E-state index contributed by atoms with van der Waals surface area (Å²) in [5.41, 5.74) is 0. The Morgan fingerprint density at radius 2 is 2.27 bits per heavy atom. The molecule has 0 unspecified atom stereocenters. The first kappa shape index (κ1) is 11.4. The van der Waals surface area contributed by atoms with Gasteiger partial charge in [0, 0.05) is 18.3 Å². The van der Waals surface area contributed by atoms with Crippen molar-refractivity contribution in [3.8, 4) is 0 Å². The number of hydrogen-bond donors (Lipinski definition) is 1. The first-order valence-corrected chi connectivity index (χ1v) is 7.34. The number of nitrogens with one attached hydrogen (secondary N) is 1. The second kappa shape index (κ2) is 6.45. The zero-order chi connectivity index (χ0) is 10.3. The summed E-state index contributed by atoms with van der Waals surface area (Å²) in [4.78, 5) is 4.14. The van der Waals surface area contributed by atoms with Crippen LogP contribution in [0.15, 0.2) is 10.7 Å². The van der Waals surface area contributed by atoms with E-state index in [1.807, 2.05) is 0 Å². The topological polar surface area (TPSA) is 37.8 Å². The van der Waals surface area contributed by atoms with E-state index in [1.54, 1.807) is 18.1 Å². The van der Waals surface area contributed by atoms with Crippen molar-refractivity contribution >= 4 is 23.3 Å². The molecule has 1 saturated carbocycles. The van der Waals surface area contributed by atoms with Gasteiger partial charge in [0.25, 0.3) is 0 Å². The molecule has 0 radical (unpaired) electrons. The Labute approximate surface area is 99.2 Å². The van der Waals surface area contributed by atoms with Gasteiger partial charge in [-0.15, -0.1) is 0 Å². The fourth-order valence-electron chi connectivity index (χ4n) is 1.93. The normalized spacial score (nSPS) is 18.1. The standard InChI is InChI=1S/C10H17N3S2/c1-2-4-9(5-3-1)11-6-7-14-10-12-8-13-15-10/h8-9,11H,1-7H2. The maximum absolute atomic E-state index is 4.14. The highest BCUT2D eigenvalue weighted by atomic mass is 32.2. The van der Waals surface area contributed by atoms with E-state index in [2.05, 4.69) is 14.7 Å². The van der Waals surface area contributed by atoms with Gasteiger partial charge in [-0.1, -0.05) is 31.0 Å². The summed E-state index contributed by atoms with van der Waals surface area (Å²) in [6, 6.07) is 0.772. The Hall–Kier alpha value is -0.130. The Morgan fingerprint density at radius 1 is 1.40 bits per heavy atom. The fourth-order valence-corrected chi connectivity index (χ4v) is 3.32. The molecule has 0 aromatic carbocycles. The fraction of sp³-hybridized carbons (Fsp3) is 0.800. The van der Waals surface area contributed by atoms with Gasteiger partial charge in [-0.05, 0) is 24.4 Å². The van der Waals surface area contributed by atoms with E-state index in [-0.39, 0.29) is 0 Å². The lowest BCUT2D eigenvalue weighted by Gasteiger charge is -2.22. The molecule has 1 N–H and O–H groups in total. The van der Waals surface area contributed by atoms with Gasteiger partial charge in [-0.2, -0.15) is 4.37 Å². The van der Waals surface area contributed by atoms with E-state index in [9.17, 15) is 0 Å². The van der Waals surface area contributed by atoms with Gasteiger partial charge in [0.05, 0.1) is 0 Å². The average Bonchev–Trinajstić information content (AvgIpc) is 2.79. The minimum atomic E-state index is 0.772. The van der Waals surface area contributed by atoms with Crippen LogP contribution in [-0.2, 0) is 0 Å². The summed E-state index contributed by atoms with van der Waals surface area (Å²) in [7, 11) is 0. The van der Waals surface area contributed by atoms with Gasteiger partial charge in [0.1, 0.15) is 6.33 Å². The molecule has 5 heteroatoms. The van der Waals surface area contributed by atoms with E-state index in [0.29, 0.717) is 0 Å². The molecule has 84 valence electrons. The van der Waals surface area contributed by atoms with Gasteiger partial charge in [0.2, 0.25) is 0 Å². The van der Waals surface area contributed by atoms with E-state index in [0.717, 1.165) is 22.7 Å². The molecule has 0 bridgehead atoms. The third-order valence-corrected chi connectivity index (χ3v) is 4.51. The van der Waals surface area contributed by atoms with Crippen LogP contribution >= 0.6 is 23.3 Å². The van der Waals surface area contributed by atoms with Crippen molar-refractivity contribution in [2.75, 3.05) is 12.3 Å². The monoisotopic (exact) mass is 243 g/mol. The maximum atomic E-state index is 4.14. The van der Waals surface area contributed by atoms with Gasteiger partial charge in [-0.3, -0.25) is 0 Å². The van der Waals surface area contributed by atoms with Gasteiger partial charge >= 0.3 is 0 Å². The van der Waals surface area contributed by atoms with E-state index in [4.69, 9.17) is 0 Å². The highest BCUT2D eigenvalue weighted by Crippen LogP contribution is 2.19. The van der Waals surface area contributed by atoms with Crippen LogP contribution < -0.4 is 5.32 Å². The molecule has 1 aliphatic carbocycles. The Kier molecular flexibility index (Phi) is 4.89. The van der Waals surface area contributed by atoms with Gasteiger partial charge in [0.15, 0.2) is 4.34 Å². The Bertz CT molecular complexity index is 258. The Balaban J connectivity index is 1.54. The van der Waals surface area contributed by atoms with E-state index in [1.165, 1.54) is 43.6 Å². The SMILES string of the molecule is c1nsc(SCCNC2CCCCC2)n1. The summed E-state index contributed by atoms with van der Waals surface area (Å²) < 4.78 is 5.06. The van der Waals surface area contributed by atoms with Crippen LogP contribution in [0.1, 0.15) is 32.1 Å². The van der Waals surface area contributed by atoms with E-state index >= 15 is 0 Å². The smallest absolute Gasteiger partial charge is 0.169 e. The molecular formula is C10H17N3S2. The highest BCUT2D eigenvalue weighted by molar-refractivity contribution is 8.00. The predicted octanol–water partition coefficient (Wildman–Crippen LogP) is 2.55. The molecule has 0 amide bonds. The molecule has 0 aliphatic heterocycles. The van der Waals surface area contributed by atoms with Crippen molar-refractivity contribution in [1.82, 2.24) is 14.7 Å². The molecular weight excluding hydrogens is 226 g/mol. The van der Waals surface area contributed by atoms with Crippen molar-refractivity contribution in [2.45, 2.75) is 42.5 Å². The molecule has 1 fully saturated rings. The van der Waals surface area contributed by atoms with Crippen LogP contribution in [-0.4, -0.2) is 27.7 Å². The van der Waals surface area contributed by atoms with Crippen LogP contribution in [0.3, 0.4) is 0 Å². The van der Waals surface area contributed by atoms with Crippen molar-refractivity contribution in [1.29, 1.82) is 0 Å². The third-order valence-electron chi connectivity index (χ3n) is 2.71. The van der Waals surface area contributed by atoms with Crippen molar-refractivity contribution in [3.05, 3.63) is 6.33 Å². The number of rotatable bonds is 5. The minimum Gasteiger partial charge on any atom is -0.313 e. The molecule has 1 aliphatic rings. The van der Waals surface area contributed by atoms with Crippen LogP contribution in [0.25, 0.3) is 0 Å². The van der Waals surface area contributed by atoms with Crippen molar-refractivity contribution in [2.24, 2.45) is 0 Å². The summed E-state index contributed by atoms with van der Waals surface area (Å²) in [6.07, 6.45) is 8.59. The lowest BCUT2D eigenvalue weighted by atomic mass is 9.96. The highest BCUT2D eigenvalue weighted by Gasteiger charge is 2.11. The quantitative estimate of drug-likeness (QED) is 0.637. The van der Waals surface area contributed by atoms with Crippen molar-refractivity contribution < 1.29 is 0 Å². The lowest BCUT2D eigenvalue weighted by molar-refractivity contribution is 0.381. The summed E-state index contributed by atoms with van der Waals surface area (Å²) in [5.74, 6) is 1.10. The van der Waals surface area contributed by atoms with Crippen LogP contribution in [0.4, 0.5) is 0 Å². The van der Waals surface area contributed by atoms with Crippen LogP contribution in [0, 0.1) is 0 Å². The van der Waals surface area contributed by atoms with Gasteiger partial charge in [-0.25, -0.2) is 4.98 Å². The zero-order valence-corrected chi connectivity index (χ0v) is 10.4. The van der Waals surface area contributed by atoms with Crippen molar-refractivity contribution in [3.63, 3.8) is 0 Å². The lowest BCUT2D eigenvalue weighted by Crippen LogP contribution is -2.32. The summed E-state index contributed by atoms with van der Waals surface area (Å²) >= 11 is 3.28. The summed E-state index contributed by atoms with van der Waals surface area (Å²) in [5, 5.41) is 3.62. The van der Waals surface area contributed by atoms with E-state index < -0.39 is 0 Å². The Morgan fingerprint density at radius 3 is 3.00 bits per heavy atom. The molecule has 0 atom stereocenters. The van der Waals surface area contributed by atoms with Crippen LogP contribution in [0.2, 0.25) is 0 Å². The van der Waals surface area contributed by atoms with Crippen LogP contribution in [0.5, 0.6) is 0 Å². The number of hydrogen-bond acceptors (Lipinski definition) is 5. The molecule has 15 heavy (non-hydrogen) atoms. The zero-order valence-electron chi connectivity index (χ0n) is 8.82. The largest absolute Gasteiger partial charge is 0.313 e. The first-order valence-electron chi connectivity index (χ1n) is 5.58. The first-order chi connectivity index (χ1) is 7.45. The molecule has 0 saturated heterocycles. The average molecular weight is 243 g/mol. The second-order valence-electron chi connectivity index (χ2n) is 3.84. The summed E-state index contributed by atoms with van der Waals surface area (Å²) in [6.45, 7) is 1.09. The number of thioether (sulfide) groups is 1. The molecule has 1 aromatic rings. The molecule has 1 aromatic heterocycles. The minimum absolute atomic E-state index is 0.772. The molecule has 1 heterocycles. The van der Waals surface area contributed by atoms with Gasteiger partial charge < -0.3 is 5.32 Å². The second-order valence-corrected chi connectivity index (χ2v) is 5.97. The molecule has 3 nitrogen and oxygen atoms in total. The predicted molar refractivity (Wildman–Crippen MR) is 65.5 cm³/mol. The number of aromatic nitrogens is 2. The third kappa shape index (κ3) is 4.09.